The number of pyridine rings is 1. The van der Waals surface area contributed by atoms with E-state index in [0.717, 1.165) is 33.5 Å². The second kappa shape index (κ2) is 10.8. The molecule has 1 aliphatic heterocycles. The molecule has 5 rings (SSSR count). The summed E-state index contributed by atoms with van der Waals surface area (Å²) >= 11 is 0. The van der Waals surface area contributed by atoms with Crippen molar-refractivity contribution in [3.05, 3.63) is 96.1 Å². The fraction of sp³-hybridized carbons (Fsp3) is 0.233. The molecule has 0 radical (unpaired) electrons. The van der Waals surface area contributed by atoms with Crippen molar-refractivity contribution in [2.24, 2.45) is 0 Å². The van der Waals surface area contributed by atoms with E-state index in [0.29, 0.717) is 25.1 Å². The number of esters is 1. The van der Waals surface area contributed by atoms with Crippen molar-refractivity contribution in [1.82, 2.24) is 15.2 Å². The molecule has 0 saturated carbocycles. The highest BCUT2D eigenvalue weighted by molar-refractivity contribution is 6.07. The number of fused-ring (bicyclic) bond motifs is 1. The van der Waals surface area contributed by atoms with Crippen LogP contribution in [0.5, 0.6) is 5.75 Å². The average Bonchev–Trinajstić information content (AvgIpc) is 3.34. The summed E-state index contributed by atoms with van der Waals surface area (Å²) in [7, 11) is 3.02. The molecular formula is C30H29N3O4. The van der Waals surface area contributed by atoms with E-state index in [4.69, 9.17) is 14.5 Å². The van der Waals surface area contributed by atoms with Crippen LogP contribution < -0.4 is 10.1 Å². The third-order valence-electron chi connectivity index (χ3n) is 6.76. The van der Waals surface area contributed by atoms with Crippen LogP contribution in [0.2, 0.25) is 0 Å². The van der Waals surface area contributed by atoms with Gasteiger partial charge >= 0.3 is 5.97 Å². The highest BCUT2D eigenvalue weighted by Gasteiger charge is 2.38. The maximum absolute atomic E-state index is 13.6. The topological polar surface area (TPSA) is 80.8 Å². The van der Waals surface area contributed by atoms with Gasteiger partial charge in [-0.2, -0.15) is 0 Å². The first-order valence-corrected chi connectivity index (χ1v) is 12.3. The van der Waals surface area contributed by atoms with Gasteiger partial charge in [-0.25, -0.2) is 4.98 Å². The van der Waals surface area contributed by atoms with Gasteiger partial charge in [-0.3, -0.25) is 14.5 Å². The molecule has 3 aromatic carbocycles. The van der Waals surface area contributed by atoms with Crippen molar-refractivity contribution in [1.29, 1.82) is 0 Å². The van der Waals surface area contributed by atoms with E-state index in [1.807, 2.05) is 89.8 Å². The van der Waals surface area contributed by atoms with E-state index in [2.05, 4.69) is 5.32 Å². The molecule has 0 bridgehead atoms. The summed E-state index contributed by atoms with van der Waals surface area (Å²) in [5.41, 5.74) is 4.02. The van der Waals surface area contributed by atoms with Crippen molar-refractivity contribution < 1.29 is 19.1 Å². The number of hydrogen-bond donors (Lipinski definition) is 1. The number of carbonyl (C=O) groups excluding carboxylic acids is 2. The molecule has 2 heterocycles. The Morgan fingerprint density at radius 3 is 2.54 bits per heavy atom. The third kappa shape index (κ3) is 5.32. The molecular weight excluding hydrogens is 466 g/mol. The van der Waals surface area contributed by atoms with Crippen LogP contribution in [0.4, 0.5) is 0 Å². The molecule has 1 saturated heterocycles. The largest absolute Gasteiger partial charge is 0.497 e. The molecule has 0 spiro atoms. The molecule has 0 aliphatic carbocycles. The van der Waals surface area contributed by atoms with Crippen LogP contribution in [-0.4, -0.2) is 54.6 Å². The summed E-state index contributed by atoms with van der Waals surface area (Å²) in [5, 5.41) is 3.96. The number of benzene rings is 3. The summed E-state index contributed by atoms with van der Waals surface area (Å²) in [6.07, 6.45) is 0.469. The number of amides is 1. The number of likely N-dealkylation sites (tertiary alicyclic amines) is 1. The summed E-state index contributed by atoms with van der Waals surface area (Å²) in [5.74, 6) is 0.267. The molecule has 2 atom stereocenters. The highest BCUT2D eigenvalue weighted by atomic mass is 16.5. The van der Waals surface area contributed by atoms with Crippen LogP contribution >= 0.6 is 0 Å². The fourth-order valence-electron chi connectivity index (χ4n) is 4.95. The van der Waals surface area contributed by atoms with Gasteiger partial charge in [-0.05, 0) is 36.2 Å². The van der Waals surface area contributed by atoms with Crippen LogP contribution in [0.15, 0.2) is 84.9 Å². The van der Waals surface area contributed by atoms with Crippen LogP contribution in [0, 0.1) is 0 Å². The fourth-order valence-corrected chi connectivity index (χ4v) is 4.95. The third-order valence-corrected chi connectivity index (χ3v) is 6.76. The molecule has 4 aromatic rings. The first-order chi connectivity index (χ1) is 18.1. The zero-order valence-electron chi connectivity index (χ0n) is 20.9. The zero-order valence-corrected chi connectivity index (χ0v) is 20.9. The van der Waals surface area contributed by atoms with Gasteiger partial charge in [0.15, 0.2) is 0 Å². The Balaban J connectivity index is 1.40. The number of aromatic nitrogens is 1. The first kappa shape index (κ1) is 24.5. The zero-order chi connectivity index (χ0) is 25.8. The first-order valence-electron chi connectivity index (χ1n) is 12.3. The summed E-state index contributed by atoms with van der Waals surface area (Å²) in [6.45, 7) is 1.07. The Kier molecular flexibility index (Phi) is 7.14. The lowest BCUT2D eigenvalue weighted by Crippen LogP contribution is -2.37. The Bertz CT molecular complexity index is 1420. The minimum absolute atomic E-state index is 0.187. The minimum atomic E-state index is -0.449. The predicted octanol–water partition coefficient (Wildman–Crippen LogP) is 4.46. The molecule has 1 aliphatic rings. The minimum Gasteiger partial charge on any atom is -0.497 e. The lowest BCUT2D eigenvalue weighted by atomic mass is 10.0. The molecule has 188 valence electrons. The van der Waals surface area contributed by atoms with Gasteiger partial charge in [0.1, 0.15) is 11.8 Å². The summed E-state index contributed by atoms with van der Waals surface area (Å²) in [4.78, 5) is 33.0. The van der Waals surface area contributed by atoms with Crippen molar-refractivity contribution >= 4 is 22.8 Å². The Morgan fingerprint density at radius 1 is 0.973 bits per heavy atom. The van der Waals surface area contributed by atoms with Crippen LogP contribution in [0.1, 0.15) is 22.3 Å². The molecule has 37 heavy (non-hydrogen) atoms. The van der Waals surface area contributed by atoms with Gasteiger partial charge in [0.05, 0.1) is 31.0 Å². The molecule has 7 heteroatoms. The Hall–Kier alpha value is -4.23. The van der Waals surface area contributed by atoms with E-state index in [1.54, 1.807) is 7.11 Å². The van der Waals surface area contributed by atoms with Crippen LogP contribution in [0.3, 0.4) is 0 Å². The predicted molar refractivity (Wildman–Crippen MR) is 142 cm³/mol. The van der Waals surface area contributed by atoms with Crippen molar-refractivity contribution in [2.45, 2.75) is 25.0 Å². The smallest absolute Gasteiger partial charge is 0.323 e. The van der Waals surface area contributed by atoms with Crippen LogP contribution in [-0.2, 0) is 16.1 Å². The number of hydrogen-bond acceptors (Lipinski definition) is 6. The van der Waals surface area contributed by atoms with Gasteiger partial charge in [0.2, 0.25) is 0 Å². The molecule has 1 amide bonds. The standard InChI is InChI=1S/C30H29N3O4/c1-36-23-12-8-9-20(15-23)18-33-19-22(16-28(33)30(35)37-2)31-29(34)25-17-27(21-10-4-3-5-11-21)32-26-14-7-6-13-24(25)26/h3-15,17,22,28H,16,18-19H2,1-2H3,(H,31,34)/t22-,28-/m0/s1. The second-order valence-corrected chi connectivity index (χ2v) is 9.16. The van der Waals surface area contributed by atoms with Gasteiger partial charge in [0.25, 0.3) is 5.91 Å². The van der Waals surface area contributed by atoms with Crippen LogP contribution in [0.25, 0.3) is 22.2 Å². The van der Waals surface area contributed by atoms with E-state index in [9.17, 15) is 9.59 Å². The number of ether oxygens (including phenoxy) is 2. The van der Waals surface area contributed by atoms with Gasteiger partial charge in [0, 0.05) is 30.1 Å². The van der Waals surface area contributed by atoms with Gasteiger partial charge < -0.3 is 14.8 Å². The molecule has 7 nitrogen and oxygen atoms in total. The lowest BCUT2D eigenvalue weighted by Gasteiger charge is -2.22. The highest BCUT2D eigenvalue weighted by Crippen LogP contribution is 2.27. The number of carbonyl (C=O) groups is 2. The maximum Gasteiger partial charge on any atom is 0.323 e. The SMILES string of the molecule is COC(=O)[C@@H]1C[C@H](NC(=O)c2cc(-c3ccccc3)nc3ccccc23)CN1Cc1cccc(OC)c1. The van der Waals surface area contributed by atoms with E-state index in [1.165, 1.54) is 7.11 Å². The maximum atomic E-state index is 13.6. The van der Waals surface area contributed by atoms with Gasteiger partial charge in [-0.15, -0.1) is 0 Å². The van der Waals surface area contributed by atoms with Gasteiger partial charge in [-0.1, -0.05) is 60.7 Å². The quantitative estimate of drug-likeness (QED) is 0.382. The second-order valence-electron chi connectivity index (χ2n) is 9.16. The van der Waals surface area contributed by atoms with E-state index >= 15 is 0 Å². The Morgan fingerprint density at radius 2 is 1.76 bits per heavy atom. The number of nitrogens with one attached hydrogen (secondary N) is 1. The van der Waals surface area contributed by atoms with Crippen molar-refractivity contribution in [3.8, 4) is 17.0 Å². The number of nitrogens with zero attached hydrogens (tertiary/aromatic N) is 2. The number of rotatable bonds is 7. The number of methoxy groups -OCH3 is 2. The average molecular weight is 496 g/mol. The van der Waals surface area contributed by atoms with E-state index in [-0.39, 0.29) is 17.9 Å². The number of para-hydroxylation sites is 1. The Labute approximate surface area is 216 Å². The molecule has 1 fully saturated rings. The van der Waals surface area contributed by atoms with Crippen molar-refractivity contribution in [2.75, 3.05) is 20.8 Å². The molecule has 1 aromatic heterocycles. The molecule has 1 N–H and O–H groups in total. The summed E-state index contributed by atoms with van der Waals surface area (Å²) in [6, 6.07) is 26.4. The van der Waals surface area contributed by atoms with Crippen molar-refractivity contribution in [3.63, 3.8) is 0 Å². The summed E-state index contributed by atoms with van der Waals surface area (Å²) < 4.78 is 10.4. The monoisotopic (exact) mass is 495 g/mol. The normalized spacial score (nSPS) is 17.5. The molecule has 0 unspecified atom stereocenters. The lowest BCUT2D eigenvalue weighted by molar-refractivity contribution is -0.146. The van der Waals surface area contributed by atoms with E-state index < -0.39 is 6.04 Å².